The summed E-state index contributed by atoms with van der Waals surface area (Å²) < 4.78 is 0. The molecule has 2 heteroatoms. The fourth-order valence-electron chi connectivity index (χ4n) is 3.21. The number of hydrogen-bond acceptors (Lipinski definition) is 2. The van der Waals surface area contributed by atoms with Crippen LogP contribution in [0.5, 0.6) is 0 Å². The summed E-state index contributed by atoms with van der Waals surface area (Å²) in [6.07, 6.45) is 5.69. The molecule has 0 aromatic carbocycles. The van der Waals surface area contributed by atoms with E-state index in [1.54, 1.807) is 0 Å². The Morgan fingerprint density at radius 2 is 1.60 bits per heavy atom. The first-order valence-electron chi connectivity index (χ1n) is 6.40. The molecular weight excluding hydrogens is 184 g/mol. The number of nitrogens with zero attached hydrogens (tertiary/aromatic N) is 2. The Morgan fingerprint density at radius 3 is 2.13 bits per heavy atom. The zero-order valence-electron chi connectivity index (χ0n) is 10.8. The van der Waals surface area contributed by atoms with Gasteiger partial charge in [0.2, 0.25) is 0 Å². The normalized spacial score (nSPS) is 28.8. The molecule has 2 aliphatic rings. The van der Waals surface area contributed by atoms with Crippen LogP contribution in [-0.4, -0.2) is 47.6 Å². The third-order valence-corrected chi connectivity index (χ3v) is 4.48. The van der Waals surface area contributed by atoms with Crippen LogP contribution in [0.25, 0.3) is 0 Å². The SMILES string of the molecule is CN1CCN(C(C)(C)C)CC12CCCC2. The van der Waals surface area contributed by atoms with Crippen molar-refractivity contribution in [3.05, 3.63) is 0 Å². The Hall–Kier alpha value is -0.0800. The second-order valence-electron chi connectivity index (χ2n) is 6.45. The van der Waals surface area contributed by atoms with Crippen LogP contribution in [0.1, 0.15) is 46.5 Å². The van der Waals surface area contributed by atoms with Crippen LogP contribution < -0.4 is 0 Å². The molecule has 0 unspecified atom stereocenters. The molecule has 2 nitrogen and oxygen atoms in total. The first-order valence-corrected chi connectivity index (χ1v) is 6.40. The highest BCUT2D eigenvalue weighted by atomic mass is 15.3. The Bertz CT molecular complexity index is 223. The highest BCUT2D eigenvalue weighted by molar-refractivity contribution is 5.01. The third-order valence-electron chi connectivity index (χ3n) is 4.48. The summed E-state index contributed by atoms with van der Waals surface area (Å²) in [6, 6.07) is 0. The molecule has 15 heavy (non-hydrogen) atoms. The molecule has 0 bridgehead atoms. The molecule has 1 aliphatic carbocycles. The Labute approximate surface area is 94.6 Å². The molecule has 0 atom stereocenters. The van der Waals surface area contributed by atoms with Crippen molar-refractivity contribution in [1.29, 1.82) is 0 Å². The van der Waals surface area contributed by atoms with Gasteiger partial charge >= 0.3 is 0 Å². The molecule has 1 spiro atoms. The average Bonchev–Trinajstić information content (AvgIpc) is 2.58. The Morgan fingerprint density at radius 1 is 1.00 bits per heavy atom. The standard InChI is InChI=1S/C13H26N2/c1-12(2,3)15-10-9-14(4)13(11-15)7-5-6-8-13/h5-11H2,1-4H3. The molecule has 1 saturated carbocycles. The van der Waals surface area contributed by atoms with Gasteiger partial charge in [-0.1, -0.05) is 12.8 Å². The zero-order chi connectivity index (χ0) is 11.1. The van der Waals surface area contributed by atoms with Crippen LogP contribution in [0.4, 0.5) is 0 Å². The van der Waals surface area contributed by atoms with E-state index in [2.05, 4.69) is 37.6 Å². The molecule has 1 aliphatic heterocycles. The summed E-state index contributed by atoms with van der Waals surface area (Å²) in [5, 5.41) is 0. The summed E-state index contributed by atoms with van der Waals surface area (Å²) in [5.74, 6) is 0. The van der Waals surface area contributed by atoms with Gasteiger partial charge in [0.15, 0.2) is 0 Å². The van der Waals surface area contributed by atoms with Gasteiger partial charge in [0.1, 0.15) is 0 Å². The minimum absolute atomic E-state index is 0.344. The zero-order valence-corrected chi connectivity index (χ0v) is 10.8. The second kappa shape index (κ2) is 3.74. The van der Waals surface area contributed by atoms with Crippen molar-refractivity contribution >= 4 is 0 Å². The second-order valence-corrected chi connectivity index (χ2v) is 6.45. The molecule has 0 aromatic heterocycles. The van der Waals surface area contributed by atoms with Gasteiger partial charge in [0.05, 0.1) is 0 Å². The number of rotatable bonds is 0. The van der Waals surface area contributed by atoms with E-state index in [0.29, 0.717) is 11.1 Å². The summed E-state index contributed by atoms with van der Waals surface area (Å²) in [4.78, 5) is 5.31. The molecule has 0 amide bonds. The van der Waals surface area contributed by atoms with Crippen LogP contribution in [0.15, 0.2) is 0 Å². The summed E-state index contributed by atoms with van der Waals surface area (Å²) >= 11 is 0. The minimum Gasteiger partial charge on any atom is -0.298 e. The smallest absolute Gasteiger partial charge is 0.0334 e. The van der Waals surface area contributed by atoms with Crippen molar-refractivity contribution in [2.24, 2.45) is 0 Å². The van der Waals surface area contributed by atoms with Crippen LogP contribution in [0.3, 0.4) is 0 Å². The maximum atomic E-state index is 2.68. The summed E-state index contributed by atoms with van der Waals surface area (Å²) in [7, 11) is 2.32. The van der Waals surface area contributed by atoms with Crippen LogP contribution in [0, 0.1) is 0 Å². The van der Waals surface area contributed by atoms with E-state index in [1.807, 2.05) is 0 Å². The lowest BCUT2D eigenvalue weighted by Crippen LogP contribution is -2.63. The summed E-state index contributed by atoms with van der Waals surface area (Å²) in [5.41, 5.74) is 0.863. The fraction of sp³-hybridized carbons (Fsp3) is 1.00. The monoisotopic (exact) mass is 210 g/mol. The van der Waals surface area contributed by atoms with Gasteiger partial charge < -0.3 is 0 Å². The van der Waals surface area contributed by atoms with Gasteiger partial charge in [-0.25, -0.2) is 0 Å². The van der Waals surface area contributed by atoms with Gasteiger partial charge in [0, 0.05) is 30.7 Å². The van der Waals surface area contributed by atoms with Gasteiger partial charge in [0.25, 0.3) is 0 Å². The highest BCUT2D eigenvalue weighted by Crippen LogP contribution is 2.38. The molecule has 2 fully saturated rings. The van der Waals surface area contributed by atoms with E-state index in [0.717, 1.165) is 0 Å². The first-order chi connectivity index (χ1) is 6.94. The van der Waals surface area contributed by atoms with Gasteiger partial charge in [-0.2, -0.15) is 0 Å². The van der Waals surface area contributed by atoms with E-state index in [-0.39, 0.29) is 0 Å². The maximum Gasteiger partial charge on any atom is 0.0334 e. The fourth-order valence-corrected chi connectivity index (χ4v) is 3.21. The quantitative estimate of drug-likeness (QED) is 0.605. The first kappa shape index (κ1) is 11.4. The van der Waals surface area contributed by atoms with Crippen LogP contribution in [0.2, 0.25) is 0 Å². The van der Waals surface area contributed by atoms with E-state index in [4.69, 9.17) is 0 Å². The Balaban J connectivity index is 2.11. The Kier molecular flexibility index (Phi) is 2.85. The molecule has 0 N–H and O–H groups in total. The lowest BCUT2D eigenvalue weighted by Gasteiger charge is -2.51. The van der Waals surface area contributed by atoms with E-state index in [9.17, 15) is 0 Å². The lowest BCUT2D eigenvalue weighted by molar-refractivity contribution is -0.0207. The molecule has 2 rings (SSSR count). The topological polar surface area (TPSA) is 6.48 Å². The molecule has 0 aromatic rings. The van der Waals surface area contributed by atoms with Crippen molar-refractivity contribution in [3.8, 4) is 0 Å². The number of likely N-dealkylation sites (N-methyl/N-ethyl adjacent to an activating group) is 1. The molecule has 88 valence electrons. The van der Waals surface area contributed by atoms with Crippen molar-refractivity contribution in [1.82, 2.24) is 9.80 Å². The molecular formula is C13H26N2. The van der Waals surface area contributed by atoms with Crippen LogP contribution in [-0.2, 0) is 0 Å². The molecule has 1 saturated heterocycles. The number of piperazine rings is 1. The van der Waals surface area contributed by atoms with Gasteiger partial charge in [-0.3, -0.25) is 9.80 Å². The van der Waals surface area contributed by atoms with Gasteiger partial charge in [-0.05, 0) is 40.7 Å². The predicted octanol–water partition coefficient (Wildman–Crippen LogP) is 2.35. The predicted molar refractivity (Wildman–Crippen MR) is 65.2 cm³/mol. The molecule has 1 heterocycles. The van der Waals surface area contributed by atoms with Gasteiger partial charge in [-0.15, -0.1) is 0 Å². The van der Waals surface area contributed by atoms with E-state index >= 15 is 0 Å². The van der Waals surface area contributed by atoms with Crippen molar-refractivity contribution in [2.45, 2.75) is 57.5 Å². The average molecular weight is 210 g/mol. The summed E-state index contributed by atoms with van der Waals surface area (Å²) in [6.45, 7) is 10.8. The molecule has 0 radical (unpaired) electrons. The van der Waals surface area contributed by atoms with E-state index < -0.39 is 0 Å². The minimum atomic E-state index is 0.344. The third kappa shape index (κ3) is 2.07. The maximum absolute atomic E-state index is 2.68. The highest BCUT2D eigenvalue weighted by Gasteiger charge is 2.43. The lowest BCUT2D eigenvalue weighted by atomic mass is 9.89. The van der Waals surface area contributed by atoms with Crippen molar-refractivity contribution < 1.29 is 0 Å². The largest absolute Gasteiger partial charge is 0.298 e. The van der Waals surface area contributed by atoms with Crippen LogP contribution >= 0.6 is 0 Å². The van der Waals surface area contributed by atoms with Crippen molar-refractivity contribution in [3.63, 3.8) is 0 Å². The number of hydrogen-bond donors (Lipinski definition) is 0. The van der Waals surface area contributed by atoms with E-state index in [1.165, 1.54) is 45.3 Å². The van der Waals surface area contributed by atoms with Crippen molar-refractivity contribution in [2.75, 3.05) is 26.7 Å².